The van der Waals surface area contributed by atoms with Gasteiger partial charge in [0.15, 0.2) is 0 Å². The van der Waals surface area contributed by atoms with Crippen molar-refractivity contribution in [1.82, 2.24) is 15.1 Å². The van der Waals surface area contributed by atoms with Gasteiger partial charge in [-0.25, -0.2) is 0 Å². The SMILES string of the molecule is CCCNC(c1cccc(OC)c1)c1cnn(C)c1C. The van der Waals surface area contributed by atoms with Crippen LogP contribution in [-0.4, -0.2) is 23.4 Å². The molecule has 0 saturated carbocycles. The minimum absolute atomic E-state index is 0.152. The largest absolute Gasteiger partial charge is 0.497 e. The molecule has 2 rings (SSSR count). The van der Waals surface area contributed by atoms with Gasteiger partial charge in [-0.2, -0.15) is 5.10 Å². The Kier molecular flexibility index (Phi) is 4.79. The molecule has 1 aromatic heterocycles. The first-order chi connectivity index (χ1) is 9.67. The van der Waals surface area contributed by atoms with Gasteiger partial charge >= 0.3 is 0 Å². The predicted octanol–water partition coefficient (Wildman–Crippen LogP) is 2.83. The van der Waals surface area contributed by atoms with Crippen LogP contribution < -0.4 is 10.1 Å². The number of methoxy groups -OCH3 is 1. The van der Waals surface area contributed by atoms with Crippen LogP contribution in [0.1, 0.15) is 36.2 Å². The minimum Gasteiger partial charge on any atom is -0.497 e. The van der Waals surface area contributed by atoms with Crippen LogP contribution in [0.3, 0.4) is 0 Å². The predicted molar refractivity (Wildman–Crippen MR) is 81.1 cm³/mol. The van der Waals surface area contributed by atoms with Crippen LogP contribution in [0.15, 0.2) is 30.5 Å². The third-order valence-corrected chi connectivity index (χ3v) is 3.61. The van der Waals surface area contributed by atoms with E-state index in [1.807, 2.05) is 30.1 Å². The summed E-state index contributed by atoms with van der Waals surface area (Å²) in [5, 5.41) is 7.96. The number of benzene rings is 1. The van der Waals surface area contributed by atoms with Crippen LogP contribution in [0.4, 0.5) is 0 Å². The molecule has 0 aliphatic rings. The lowest BCUT2D eigenvalue weighted by Gasteiger charge is -2.19. The summed E-state index contributed by atoms with van der Waals surface area (Å²) >= 11 is 0. The summed E-state index contributed by atoms with van der Waals surface area (Å²) in [6.45, 7) is 5.24. The highest BCUT2D eigenvalue weighted by Gasteiger charge is 2.18. The molecule has 4 heteroatoms. The number of ether oxygens (including phenoxy) is 1. The first-order valence-electron chi connectivity index (χ1n) is 7.03. The Hall–Kier alpha value is -1.81. The maximum Gasteiger partial charge on any atom is 0.119 e. The van der Waals surface area contributed by atoms with Gasteiger partial charge in [0.05, 0.1) is 19.3 Å². The number of rotatable bonds is 6. The third-order valence-electron chi connectivity index (χ3n) is 3.61. The number of aryl methyl sites for hydroxylation is 1. The summed E-state index contributed by atoms with van der Waals surface area (Å²) in [5.41, 5.74) is 3.60. The maximum atomic E-state index is 5.33. The lowest BCUT2D eigenvalue weighted by Crippen LogP contribution is -2.23. The molecule has 1 N–H and O–H groups in total. The molecule has 0 aliphatic heterocycles. The lowest BCUT2D eigenvalue weighted by molar-refractivity contribution is 0.413. The summed E-state index contributed by atoms with van der Waals surface area (Å²) < 4.78 is 7.25. The van der Waals surface area contributed by atoms with E-state index in [1.54, 1.807) is 7.11 Å². The topological polar surface area (TPSA) is 39.1 Å². The van der Waals surface area contributed by atoms with Gasteiger partial charge in [-0.15, -0.1) is 0 Å². The van der Waals surface area contributed by atoms with E-state index in [-0.39, 0.29) is 6.04 Å². The van der Waals surface area contributed by atoms with Crippen LogP contribution in [-0.2, 0) is 7.05 Å². The number of nitrogens with one attached hydrogen (secondary N) is 1. The molecule has 0 spiro atoms. The fourth-order valence-corrected chi connectivity index (χ4v) is 2.32. The second kappa shape index (κ2) is 6.57. The van der Waals surface area contributed by atoms with Gasteiger partial charge in [-0.3, -0.25) is 4.68 Å². The first kappa shape index (κ1) is 14.6. The molecule has 1 unspecified atom stereocenters. The molecule has 0 amide bonds. The zero-order valence-corrected chi connectivity index (χ0v) is 12.7. The smallest absolute Gasteiger partial charge is 0.119 e. The summed E-state index contributed by atoms with van der Waals surface area (Å²) in [5.74, 6) is 0.882. The number of hydrogen-bond acceptors (Lipinski definition) is 3. The number of aromatic nitrogens is 2. The van der Waals surface area contributed by atoms with Crippen LogP contribution in [0.2, 0.25) is 0 Å². The van der Waals surface area contributed by atoms with Gasteiger partial charge < -0.3 is 10.1 Å². The van der Waals surface area contributed by atoms with Crippen molar-refractivity contribution in [3.8, 4) is 5.75 Å². The fraction of sp³-hybridized carbons (Fsp3) is 0.438. The summed E-state index contributed by atoms with van der Waals surface area (Å²) in [7, 11) is 3.67. The monoisotopic (exact) mass is 273 g/mol. The van der Waals surface area contributed by atoms with Gasteiger partial charge in [-0.05, 0) is 37.6 Å². The molecule has 1 atom stereocenters. The van der Waals surface area contributed by atoms with E-state index in [4.69, 9.17) is 4.74 Å². The van der Waals surface area contributed by atoms with Gasteiger partial charge in [0.2, 0.25) is 0 Å². The Morgan fingerprint density at radius 1 is 1.40 bits per heavy atom. The standard InChI is InChI=1S/C16H23N3O/c1-5-9-17-16(15-11-18-19(3)12(15)2)13-7-6-8-14(10-13)20-4/h6-8,10-11,16-17H,5,9H2,1-4H3. The second-order valence-corrected chi connectivity index (χ2v) is 4.97. The van der Waals surface area contributed by atoms with E-state index in [2.05, 4.69) is 36.4 Å². The zero-order valence-electron chi connectivity index (χ0n) is 12.7. The Bertz CT molecular complexity index is 563. The molecule has 20 heavy (non-hydrogen) atoms. The van der Waals surface area contributed by atoms with Crippen molar-refractivity contribution in [3.05, 3.63) is 47.3 Å². The Morgan fingerprint density at radius 2 is 2.20 bits per heavy atom. The van der Waals surface area contributed by atoms with Crippen molar-refractivity contribution in [2.24, 2.45) is 7.05 Å². The van der Waals surface area contributed by atoms with Crippen LogP contribution >= 0.6 is 0 Å². The molecular weight excluding hydrogens is 250 g/mol. The van der Waals surface area contributed by atoms with E-state index in [0.717, 1.165) is 18.7 Å². The normalized spacial score (nSPS) is 12.4. The van der Waals surface area contributed by atoms with Gasteiger partial charge in [0.25, 0.3) is 0 Å². The highest BCUT2D eigenvalue weighted by atomic mass is 16.5. The van der Waals surface area contributed by atoms with E-state index in [1.165, 1.54) is 16.8 Å². The van der Waals surface area contributed by atoms with E-state index in [0.29, 0.717) is 0 Å². The molecule has 0 radical (unpaired) electrons. The van der Waals surface area contributed by atoms with Gasteiger partial charge in [-0.1, -0.05) is 19.1 Å². The molecular formula is C16H23N3O. The molecule has 0 bridgehead atoms. The molecule has 0 fully saturated rings. The molecule has 2 aromatic rings. The third kappa shape index (κ3) is 3.02. The van der Waals surface area contributed by atoms with Crippen molar-refractivity contribution >= 4 is 0 Å². The number of hydrogen-bond donors (Lipinski definition) is 1. The van der Waals surface area contributed by atoms with Crippen LogP contribution in [0.25, 0.3) is 0 Å². The summed E-state index contributed by atoms with van der Waals surface area (Å²) in [4.78, 5) is 0. The molecule has 1 aromatic carbocycles. The fourth-order valence-electron chi connectivity index (χ4n) is 2.32. The Labute approximate surface area is 120 Å². The van der Waals surface area contributed by atoms with Crippen LogP contribution in [0.5, 0.6) is 5.75 Å². The first-order valence-corrected chi connectivity index (χ1v) is 7.03. The molecule has 1 heterocycles. The molecule has 108 valence electrons. The van der Waals surface area contributed by atoms with Crippen molar-refractivity contribution in [1.29, 1.82) is 0 Å². The highest BCUT2D eigenvalue weighted by Crippen LogP contribution is 2.27. The van der Waals surface area contributed by atoms with E-state index in [9.17, 15) is 0 Å². The quantitative estimate of drug-likeness (QED) is 0.879. The van der Waals surface area contributed by atoms with Crippen LogP contribution in [0, 0.1) is 6.92 Å². The average molecular weight is 273 g/mol. The van der Waals surface area contributed by atoms with E-state index >= 15 is 0 Å². The van der Waals surface area contributed by atoms with Gasteiger partial charge in [0, 0.05) is 18.3 Å². The summed E-state index contributed by atoms with van der Waals surface area (Å²) in [6.07, 6.45) is 3.04. The number of nitrogens with zero attached hydrogens (tertiary/aromatic N) is 2. The molecule has 0 aliphatic carbocycles. The minimum atomic E-state index is 0.152. The highest BCUT2D eigenvalue weighted by molar-refractivity contribution is 5.37. The molecule has 0 saturated heterocycles. The summed E-state index contributed by atoms with van der Waals surface area (Å²) in [6, 6.07) is 8.36. The average Bonchev–Trinajstić information content (AvgIpc) is 2.80. The van der Waals surface area contributed by atoms with Gasteiger partial charge in [0.1, 0.15) is 5.75 Å². The Morgan fingerprint density at radius 3 is 2.80 bits per heavy atom. The van der Waals surface area contributed by atoms with Crippen molar-refractivity contribution in [3.63, 3.8) is 0 Å². The molecule has 4 nitrogen and oxygen atoms in total. The lowest BCUT2D eigenvalue weighted by atomic mass is 9.99. The van der Waals surface area contributed by atoms with E-state index < -0.39 is 0 Å². The zero-order chi connectivity index (χ0) is 14.5. The second-order valence-electron chi connectivity index (χ2n) is 4.97. The Balaban J connectivity index is 2.38. The maximum absolute atomic E-state index is 5.33. The van der Waals surface area contributed by atoms with Crippen molar-refractivity contribution in [2.75, 3.05) is 13.7 Å². The van der Waals surface area contributed by atoms with Crippen molar-refractivity contribution in [2.45, 2.75) is 26.3 Å². The van der Waals surface area contributed by atoms with Crippen molar-refractivity contribution < 1.29 is 4.74 Å².